The number of hydrogen-bond acceptors (Lipinski definition) is 4. The molecule has 5 heteroatoms. The number of rotatable bonds is 3. The highest BCUT2D eigenvalue weighted by atomic mass is 79.9. The van der Waals surface area contributed by atoms with Crippen molar-refractivity contribution < 1.29 is 5.11 Å². The van der Waals surface area contributed by atoms with Crippen LogP contribution in [0.3, 0.4) is 0 Å². The van der Waals surface area contributed by atoms with E-state index in [0.717, 1.165) is 45.1 Å². The zero-order chi connectivity index (χ0) is 13.5. The van der Waals surface area contributed by atoms with Crippen LogP contribution in [0.4, 0.5) is 0 Å². The largest absolute Gasteiger partial charge is 0.395 e. The third kappa shape index (κ3) is 2.35. The first-order valence-electron chi connectivity index (χ1n) is 6.36. The van der Waals surface area contributed by atoms with E-state index in [1.54, 1.807) is 11.3 Å². The van der Waals surface area contributed by atoms with Gasteiger partial charge < -0.3 is 5.11 Å². The van der Waals surface area contributed by atoms with Crippen LogP contribution in [0.5, 0.6) is 0 Å². The molecule has 2 aromatic heterocycles. The van der Waals surface area contributed by atoms with Crippen LogP contribution in [0.2, 0.25) is 0 Å². The van der Waals surface area contributed by atoms with Gasteiger partial charge in [-0.15, -0.1) is 11.3 Å². The number of aromatic nitrogens is 2. The first-order valence-corrected chi connectivity index (χ1v) is 7.97. The molecule has 0 amide bonds. The Balaban J connectivity index is 2.05. The van der Waals surface area contributed by atoms with E-state index in [0.29, 0.717) is 0 Å². The quantitative estimate of drug-likeness (QED) is 0.928. The van der Waals surface area contributed by atoms with E-state index < -0.39 is 0 Å². The zero-order valence-corrected chi connectivity index (χ0v) is 13.1. The van der Waals surface area contributed by atoms with Crippen molar-refractivity contribution in [3.05, 3.63) is 33.5 Å². The van der Waals surface area contributed by atoms with Crippen molar-refractivity contribution in [1.82, 2.24) is 9.97 Å². The number of halogens is 1. The molecule has 2 aromatic rings. The van der Waals surface area contributed by atoms with Gasteiger partial charge in [0.05, 0.1) is 26.4 Å². The predicted octanol–water partition coefficient (Wildman–Crippen LogP) is 3.69. The van der Waals surface area contributed by atoms with Gasteiger partial charge in [-0.25, -0.2) is 9.97 Å². The highest BCUT2D eigenvalue weighted by molar-refractivity contribution is 9.11. The minimum atomic E-state index is -0.199. The first-order chi connectivity index (χ1) is 9.13. The van der Waals surface area contributed by atoms with Gasteiger partial charge in [-0.2, -0.15) is 0 Å². The lowest BCUT2D eigenvalue weighted by Gasteiger charge is -2.38. The van der Waals surface area contributed by atoms with Gasteiger partial charge in [0.25, 0.3) is 0 Å². The SMILES string of the molecule is Cc1cc(-c2ccc(Br)s2)nc(C2(CO)CCC2)n1. The van der Waals surface area contributed by atoms with Gasteiger partial charge in [-0.05, 0) is 53.9 Å². The molecule has 0 aromatic carbocycles. The third-order valence-electron chi connectivity index (χ3n) is 3.77. The van der Waals surface area contributed by atoms with Gasteiger partial charge in [0, 0.05) is 5.69 Å². The number of thiophene rings is 1. The van der Waals surface area contributed by atoms with E-state index >= 15 is 0 Å². The van der Waals surface area contributed by atoms with Crippen LogP contribution in [0.25, 0.3) is 10.6 Å². The molecule has 0 bridgehead atoms. The Morgan fingerprint density at radius 2 is 2.16 bits per heavy atom. The second-order valence-corrected chi connectivity index (χ2v) is 7.58. The lowest BCUT2D eigenvalue weighted by molar-refractivity contribution is 0.112. The number of hydrogen-bond donors (Lipinski definition) is 1. The molecule has 0 spiro atoms. The minimum Gasteiger partial charge on any atom is -0.395 e. The summed E-state index contributed by atoms with van der Waals surface area (Å²) in [7, 11) is 0. The molecule has 1 aliphatic carbocycles. The topological polar surface area (TPSA) is 46.0 Å². The highest BCUT2D eigenvalue weighted by Gasteiger charge is 2.41. The third-order valence-corrected chi connectivity index (χ3v) is 5.41. The molecule has 3 rings (SSSR count). The fourth-order valence-electron chi connectivity index (χ4n) is 2.44. The van der Waals surface area contributed by atoms with E-state index in [-0.39, 0.29) is 12.0 Å². The number of aliphatic hydroxyl groups excluding tert-OH is 1. The second kappa shape index (κ2) is 4.96. The Morgan fingerprint density at radius 3 is 2.68 bits per heavy atom. The smallest absolute Gasteiger partial charge is 0.137 e. The first kappa shape index (κ1) is 13.2. The summed E-state index contributed by atoms with van der Waals surface area (Å²) < 4.78 is 1.10. The molecule has 0 unspecified atom stereocenters. The van der Waals surface area contributed by atoms with Crippen LogP contribution in [0.1, 0.15) is 30.8 Å². The van der Waals surface area contributed by atoms with Crippen LogP contribution in [-0.2, 0) is 5.41 Å². The summed E-state index contributed by atoms with van der Waals surface area (Å²) >= 11 is 5.15. The summed E-state index contributed by atoms with van der Waals surface area (Å²) in [6, 6.07) is 6.10. The van der Waals surface area contributed by atoms with Crippen molar-refractivity contribution in [3.8, 4) is 10.6 Å². The Morgan fingerprint density at radius 1 is 1.37 bits per heavy atom. The van der Waals surface area contributed by atoms with Gasteiger partial charge >= 0.3 is 0 Å². The van der Waals surface area contributed by atoms with Crippen LogP contribution >= 0.6 is 27.3 Å². The van der Waals surface area contributed by atoms with E-state index in [1.807, 2.05) is 19.1 Å². The van der Waals surface area contributed by atoms with E-state index in [9.17, 15) is 5.11 Å². The lowest BCUT2D eigenvalue weighted by atomic mass is 9.68. The normalized spacial score (nSPS) is 17.2. The van der Waals surface area contributed by atoms with Crippen molar-refractivity contribution in [1.29, 1.82) is 0 Å². The maximum atomic E-state index is 9.66. The summed E-state index contributed by atoms with van der Waals surface area (Å²) in [6.45, 7) is 2.13. The summed E-state index contributed by atoms with van der Waals surface area (Å²) in [5.74, 6) is 0.806. The molecular weight excluding hydrogens is 324 g/mol. The monoisotopic (exact) mass is 338 g/mol. The van der Waals surface area contributed by atoms with Gasteiger partial charge in [-0.3, -0.25) is 0 Å². The number of aliphatic hydroxyl groups is 1. The molecule has 0 atom stereocenters. The lowest BCUT2D eigenvalue weighted by Crippen LogP contribution is -2.40. The molecule has 1 N–H and O–H groups in total. The maximum Gasteiger partial charge on any atom is 0.137 e. The molecule has 1 fully saturated rings. The van der Waals surface area contributed by atoms with Gasteiger partial charge in [0.1, 0.15) is 5.82 Å². The van der Waals surface area contributed by atoms with Gasteiger partial charge in [0.15, 0.2) is 0 Å². The van der Waals surface area contributed by atoms with Crippen LogP contribution in [0, 0.1) is 6.92 Å². The summed E-state index contributed by atoms with van der Waals surface area (Å²) in [4.78, 5) is 10.4. The van der Waals surface area contributed by atoms with Crippen molar-refractivity contribution in [2.75, 3.05) is 6.61 Å². The number of nitrogens with zero attached hydrogens (tertiary/aromatic N) is 2. The molecule has 19 heavy (non-hydrogen) atoms. The van der Waals surface area contributed by atoms with Crippen molar-refractivity contribution in [2.24, 2.45) is 0 Å². The fourth-order valence-corrected chi connectivity index (χ4v) is 3.79. The molecule has 1 saturated carbocycles. The molecule has 0 radical (unpaired) electrons. The average molecular weight is 339 g/mol. The minimum absolute atomic E-state index is 0.143. The van der Waals surface area contributed by atoms with Gasteiger partial charge in [0.2, 0.25) is 0 Å². The summed E-state index contributed by atoms with van der Waals surface area (Å²) in [6.07, 6.45) is 3.12. The Bertz CT molecular complexity index is 602. The zero-order valence-electron chi connectivity index (χ0n) is 10.7. The highest BCUT2D eigenvalue weighted by Crippen LogP contribution is 2.42. The molecule has 0 aliphatic heterocycles. The molecule has 1 aliphatic rings. The molecule has 100 valence electrons. The van der Waals surface area contributed by atoms with Crippen molar-refractivity contribution in [2.45, 2.75) is 31.6 Å². The molecule has 2 heterocycles. The molecular formula is C14H15BrN2OS. The predicted molar refractivity (Wildman–Crippen MR) is 80.4 cm³/mol. The van der Waals surface area contributed by atoms with Crippen LogP contribution in [0.15, 0.2) is 22.0 Å². The maximum absolute atomic E-state index is 9.66. The molecule has 0 saturated heterocycles. The van der Waals surface area contributed by atoms with Crippen molar-refractivity contribution in [3.63, 3.8) is 0 Å². The van der Waals surface area contributed by atoms with E-state index in [2.05, 4.69) is 27.0 Å². The second-order valence-electron chi connectivity index (χ2n) is 5.11. The summed E-state index contributed by atoms with van der Waals surface area (Å²) in [5, 5.41) is 9.66. The average Bonchev–Trinajstić information content (AvgIpc) is 2.75. The van der Waals surface area contributed by atoms with E-state index in [4.69, 9.17) is 4.98 Å². The summed E-state index contributed by atoms with van der Waals surface area (Å²) in [5.41, 5.74) is 1.72. The van der Waals surface area contributed by atoms with E-state index in [1.165, 1.54) is 0 Å². The van der Waals surface area contributed by atoms with Crippen molar-refractivity contribution >= 4 is 27.3 Å². The molecule has 3 nitrogen and oxygen atoms in total. The van der Waals surface area contributed by atoms with Crippen LogP contribution < -0.4 is 0 Å². The standard InChI is InChI=1S/C14H15BrN2OS/c1-9-7-10(11-3-4-12(15)19-11)17-13(16-9)14(8-18)5-2-6-14/h3-4,7,18H,2,5-6,8H2,1H3. The number of aryl methyl sites for hydroxylation is 1. The fraction of sp³-hybridized carbons (Fsp3) is 0.429. The Hall–Kier alpha value is -0.780. The Kier molecular flexibility index (Phi) is 3.45. The Labute approximate surface area is 124 Å². The van der Waals surface area contributed by atoms with Crippen LogP contribution in [-0.4, -0.2) is 21.7 Å². The van der Waals surface area contributed by atoms with Gasteiger partial charge in [-0.1, -0.05) is 6.42 Å².